The first-order valence-electron chi connectivity index (χ1n) is 15.7. The minimum Gasteiger partial charge on any atom is -0.453 e. The van der Waals surface area contributed by atoms with Gasteiger partial charge in [-0.05, 0) is 76.5 Å². The van der Waals surface area contributed by atoms with Crippen LogP contribution in [0.1, 0.15) is 77.4 Å². The quantitative estimate of drug-likeness (QED) is 0.279. The number of likely N-dealkylation sites (N-methyl/N-ethyl adjacent to an activating group) is 1. The van der Waals surface area contributed by atoms with Crippen LogP contribution in [-0.4, -0.2) is 97.8 Å². The van der Waals surface area contributed by atoms with Gasteiger partial charge in [0.25, 0.3) is 0 Å². The third-order valence-corrected chi connectivity index (χ3v) is 8.42. The summed E-state index contributed by atoms with van der Waals surface area (Å²) in [5.74, 6) is 0.0450. The predicted molar refractivity (Wildman–Crippen MR) is 169 cm³/mol. The molecule has 1 aromatic rings. The molecule has 0 spiro atoms. The van der Waals surface area contributed by atoms with Crippen LogP contribution in [0, 0.1) is 11.8 Å². The summed E-state index contributed by atoms with van der Waals surface area (Å²) in [4.78, 5) is 41.3. The second-order valence-electron chi connectivity index (χ2n) is 13.0. The topological polar surface area (TPSA) is 130 Å². The van der Waals surface area contributed by atoms with Gasteiger partial charge in [0.05, 0.1) is 25.9 Å². The number of piperidine rings is 1. The molecule has 0 aromatic heterocycles. The van der Waals surface area contributed by atoms with Crippen LogP contribution in [0.3, 0.4) is 0 Å². The zero-order valence-corrected chi connectivity index (χ0v) is 27.6. The Morgan fingerprint density at radius 1 is 1.16 bits per heavy atom. The Morgan fingerprint density at radius 2 is 1.91 bits per heavy atom. The molecular weight excluding hydrogens is 588 g/mol. The molecule has 248 valence electrons. The molecule has 2 aliphatic rings. The van der Waals surface area contributed by atoms with E-state index in [0.29, 0.717) is 24.5 Å². The SMILES string of the molecule is COC(=O)NCCO[C@@H](c1cccc(Cl)c1)[C@@H]1CCCN(C(=O)NC(C[C@H]2CCCC[C@@H]2O)CN(C)C(=O)OC(C)(C)C)C1. The van der Waals surface area contributed by atoms with Crippen molar-refractivity contribution in [3.63, 3.8) is 0 Å². The lowest BCUT2D eigenvalue weighted by molar-refractivity contribution is -0.00892. The van der Waals surface area contributed by atoms with E-state index in [0.717, 1.165) is 44.1 Å². The maximum Gasteiger partial charge on any atom is 0.410 e. The van der Waals surface area contributed by atoms with Gasteiger partial charge in [-0.1, -0.05) is 36.6 Å². The minimum atomic E-state index is -0.635. The highest BCUT2D eigenvalue weighted by atomic mass is 35.5. The highest BCUT2D eigenvalue weighted by Crippen LogP contribution is 2.34. The van der Waals surface area contributed by atoms with Crippen molar-refractivity contribution >= 4 is 29.8 Å². The van der Waals surface area contributed by atoms with Crippen molar-refractivity contribution in [1.82, 2.24) is 20.4 Å². The fourth-order valence-corrected chi connectivity index (χ4v) is 6.26. The molecule has 2 fully saturated rings. The van der Waals surface area contributed by atoms with Gasteiger partial charge >= 0.3 is 18.2 Å². The first-order valence-corrected chi connectivity index (χ1v) is 16.1. The van der Waals surface area contributed by atoms with Crippen molar-refractivity contribution in [2.45, 2.75) is 89.6 Å². The minimum absolute atomic E-state index is 0.00542. The lowest BCUT2D eigenvalue weighted by Crippen LogP contribution is -2.53. The third-order valence-electron chi connectivity index (χ3n) is 8.19. The molecular formula is C32H51ClN4O7. The van der Waals surface area contributed by atoms with Gasteiger partial charge < -0.3 is 39.8 Å². The number of alkyl carbamates (subject to hydrolysis) is 1. The summed E-state index contributed by atoms with van der Waals surface area (Å²) in [5, 5.41) is 17.1. The van der Waals surface area contributed by atoms with E-state index in [1.54, 1.807) is 18.0 Å². The number of amides is 4. The standard InChI is InChI=1S/C32H51ClN4O7/c1-32(2,3)44-31(41)36(4)21-26(19-22-10-6-7-14-27(22)38)35-29(39)37-16-9-12-24(20-37)28(23-11-8-13-25(33)18-23)43-17-15-34-30(40)42-5/h8,11,13,18,22,24,26-28,38H,6-7,9-10,12,14-17,19-21H2,1-5H3,(H,34,40)(H,35,39)/t22-,24-,26?,27+,28+/m1/s1. The maximum atomic E-state index is 13.7. The zero-order valence-electron chi connectivity index (χ0n) is 26.9. The summed E-state index contributed by atoms with van der Waals surface area (Å²) in [6.45, 7) is 7.32. The van der Waals surface area contributed by atoms with E-state index in [9.17, 15) is 19.5 Å². The number of carbonyl (C=O) groups is 3. The molecule has 11 nitrogen and oxygen atoms in total. The fourth-order valence-electron chi connectivity index (χ4n) is 6.06. The van der Waals surface area contributed by atoms with Crippen molar-refractivity contribution in [3.05, 3.63) is 34.9 Å². The van der Waals surface area contributed by atoms with E-state index in [1.807, 2.05) is 39.0 Å². The fraction of sp³-hybridized carbons (Fsp3) is 0.719. The molecule has 1 saturated carbocycles. The van der Waals surface area contributed by atoms with Gasteiger partial charge in [0.1, 0.15) is 5.60 Å². The number of ether oxygens (including phenoxy) is 3. The van der Waals surface area contributed by atoms with Gasteiger partial charge in [-0.25, -0.2) is 14.4 Å². The number of rotatable bonds is 11. The van der Waals surface area contributed by atoms with E-state index in [4.69, 9.17) is 21.1 Å². The van der Waals surface area contributed by atoms with E-state index in [1.165, 1.54) is 12.0 Å². The summed E-state index contributed by atoms with van der Waals surface area (Å²) in [5.41, 5.74) is 0.273. The lowest BCUT2D eigenvalue weighted by atomic mass is 9.82. The predicted octanol–water partition coefficient (Wildman–Crippen LogP) is 5.35. The molecule has 1 aliphatic heterocycles. The van der Waals surface area contributed by atoms with Gasteiger partial charge in [-0.3, -0.25) is 0 Å². The second kappa shape index (κ2) is 17.1. The Kier molecular flexibility index (Phi) is 13.9. The molecule has 0 radical (unpaired) electrons. The number of likely N-dealkylation sites (tertiary alicyclic amines) is 1. The Balaban J connectivity index is 1.71. The maximum absolute atomic E-state index is 13.7. The average Bonchev–Trinajstić information content (AvgIpc) is 2.97. The highest BCUT2D eigenvalue weighted by molar-refractivity contribution is 6.30. The molecule has 1 aromatic carbocycles. The second-order valence-corrected chi connectivity index (χ2v) is 13.4. The number of aliphatic hydroxyl groups is 1. The van der Waals surface area contributed by atoms with Crippen LogP contribution < -0.4 is 10.6 Å². The first-order chi connectivity index (χ1) is 20.9. The number of methoxy groups -OCH3 is 1. The number of hydrogen-bond donors (Lipinski definition) is 3. The third kappa shape index (κ3) is 11.6. The van der Waals surface area contributed by atoms with E-state index in [-0.39, 0.29) is 49.7 Å². The molecule has 44 heavy (non-hydrogen) atoms. The summed E-state index contributed by atoms with van der Waals surface area (Å²) >= 11 is 6.32. The lowest BCUT2D eigenvalue weighted by Gasteiger charge is -2.39. The molecule has 0 bridgehead atoms. The number of hydrogen-bond acceptors (Lipinski definition) is 7. The zero-order chi connectivity index (χ0) is 32.3. The van der Waals surface area contributed by atoms with Crippen LogP contribution in [0.2, 0.25) is 5.02 Å². The van der Waals surface area contributed by atoms with Crippen molar-refractivity contribution in [2.24, 2.45) is 11.8 Å². The molecule has 3 rings (SSSR count). The number of halogens is 1. The van der Waals surface area contributed by atoms with Gasteiger partial charge in [0, 0.05) is 50.2 Å². The van der Waals surface area contributed by atoms with E-state index in [2.05, 4.69) is 15.4 Å². The number of aliphatic hydroxyl groups excluding tert-OH is 1. The molecule has 1 unspecified atom stereocenters. The normalized spacial score (nSPS) is 22.0. The van der Waals surface area contributed by atoms with Crippen molar-refractivity contribution in [2.75, 3.05) is 46.9 Å². The molecule has 12 heteroatoms. The summed E-state index contributed by atoms with van der Waals surface area (Å²) in [6, 6.07) is 6.94. The van der Waals surface area contributed by atoms with Crippen LogP contribution >= 0.6 is 11.6 Å². The van der Waals surface area contributed by atoms with Crippen LogP contribution in [-0.2, 0) is 14.2 Å². The Hall–Kier alpha value is -2.76. The summed E-state index contributed by atoms with van der Waals surface area (Å²) in [7, 11) is 2.98. The summed E-state index contributed by atoms with van der Waals surface area (Å²) in [6.07, 6.45) is 4.15. The van der Waals surface area contributed by atoms with Crippen LogP contribution in [0.15, 0.2) is 24.3 Å². The van der Waals surface area contributed by atoms with Crippen molar-refractivity contribution in [1.29, 1.82) is 0 Å². The van der Waals surface area contributed by atoms with Gasteiger partial charge in [-0.2, -0.15) is 0 Å². The van der Waals surface area contributed by atoms with Crippen LogP contribution in [0.25, 0.3) is 0 Å². The largest absolute Gasteiger partial charge is 0.453 e. The van der Waals surface area contributed by atoms with Crippen molar-refractivity contribution in [3.8, 4) is 0 Å². The number of carbonyl (C=O) groups excluding carboxylic acids is 3. The molecule has 3 N–H and O–H groups in total. The molecule has 1 aliphatic carbocycles. The molecule has 1 heterocycles. The average molecular weight is 639 g/mol. The first kappa shape index (κ1) is 35.7. The Morgan fingerprint density at radius 3 is 2.59 bits per heavy atom. The van der Waals surface area contributed by atoms with Crippen LogP contribution in [0.4, 0.5) is 14.4 Å². The smallest absolute Gasteiger partial charge is 0.410 e. The van der Waals surface area contributed by atoms with E-state index >= 15 is 0 Å². The Labute approximate surface area is 266 Å². The number of nitrogens with zero attached hydrogens (tertiary/aromatic N) is 2. The Bertz CT molecular complexity index is 1080. The number of urea groups is 1. The highest BCUT2D eigenvalue weighted by Gasteiger charge is 2.34. The van der Waals surface area contributed by atoms with Gasteiger partial charge in [0.2, 0.25) is 0 Å². The van der Waals surface area contributed by atoms with Gasteiger partial charge in [0.15, 0.2) is 0 Å². The monoisotopic (exact) mass is 638 g/mol. The van der Waals surface area contributed by atoms with Gasteiger partial charge in [-0.15, -0.1) is 0 Å². The van der Waals surface area contributed by atoms with Crippen molar-refractivity contribution < 1.29 is 33.7 Å². The summed E-state index contributed by atoms with van der Waals surface area (Å²) < 4.78 is 16.5. The molecule has 5 atom stereocenters. The number of nitrogens with one attached hydrogen (secondary N) is 2. The van der Waals surface area contributed by atoms with E-state index < -0.39 is 23.9 Å². The molecule has 1 saturated heterocycles. The van der Waals surface area contributed by atoms with Crippen LogP contribution in [0.5, 0.6) is 0 Å². The number of benzene rings is 1. The molecule has 4 amide bonds.